The average Bonchev–Trinajstić information content (AvgIpc) is 2.87. The van der Waals surface area contributed by atoms with Gasteiger partial charge in [-0.1, -0.05) is 0 Å². The molecule has 7 heteroatoms. The van der Waals surface area contributed by atoms with E-state index in [1.54, 1.807) is 15.6 Å². The number of sulfonamides is 1. The third-order valence-electron chi connectivity index (χ3n) is 4.55. The molecular weight excluding hydrogens is 342 g/mol. The van der Waals surface area contributed by atoms with E-state index in [1.165, 1.54) is 16.7 Å². The smallest absolute Gasteiger partial charge is 0.211 e. The Hall–Kier alpha value is -1.31. The van der Waals surface area contributed by atoms with Crippen LogP contribution in [0.1, 0.15) is 29.0 Å². The molecule has 1 saturated heterocycles. The van der Waals surface area contributed by atoms with Crippen LogP contribution in [0.3, 0.4) is 0 Å². The van der Waals surface area contributed by atoms with Crippen LogP contribution in [0.4, 0.5) is 0 Å². The molecule has 0 N–H and O–H groups in total. The molecule has 0 amide bonds. The van der Waals surface area contributed by atoms with Gasteiger partial charge in [0.1, 0.15) is 5.01 Å². The quantitative estimate of drug-likeness (QED) is 0.835. The summed E-state index contributed by atoms with van der Waals surface area (Å²) in [5, 5.41) is 0.952. The molecule has 0 aliphatic carbocycles. The van der Waals surface area contributed by atoms with Crippen LogP contribution in [-0.2, 0) is 16.4 Å². The molecule has 3 rings (SSSR count). The highest BCUT2D eigenvalue weighted by molar-refractivity contribution is 7.88. The van der Waals surface area contributed by atoms with Crippen LogP contribution < -0.4 is 0 Å². The molecule has 2 aromatic rings. The lowest BCUT2D eigenvalue weighted by atomic mass is 9.92. The molecule has 0 radical (unpaired) electrons. The first-order valence-corrected chi connectivity index (χ1v) is 10.8. The normalized spacial score (nSPS) is 19.5. The zero-order valence-electron chi connectivity index (χ0n) is 14.3. The van der Waals surface area contributed by atoms with Gasteiger partial charge in [-0.3, -0.25) is 4.98 Å². The van der Waals surface area contributed by atoms with Crippen LogP contribution in [0.15, 0.2) is 18.3 Å². The van der Waals surface area contributed by atoms with Gasteiger partial charge in [0.25, 0.3) is 0 Å². The predicted molar refractivity (Wildman–Crippen MR) is 97.7 cm³/mol. The predicted octanol–water partition coefficient (Wildman–Crippen LogP) is 3.04. The summed E-state index contributed by atoms with van der Waals surface area (Å²) in [7, 11) is -3.09. The summed E-state index contributed by atoms with van der Waals surface area (Å²) in [6.07, 6.45) is 6.01. The van der Waals surface area contributed by atoms with Crippen molar-refractivity contribution in [1.82, 2.24) is 14.3 Å². The monoisotopic (exact) mass is 365 g/mol. The van der Waals surface area contributed by atoms with Gasteiger partial charge in [-0.05, 0) is 56.7 Å². The van der Waals surface area contributed by atoms with E-state index in [1.807, 2.05) is 19.2 Å². The molecule has 0 spiro atoms. The highest BCUT2D eigenvalue weighted by Crippen LogP contribution is 2.28. The molecule has 130 valence electrons. The first-order valence-electron chi connectivity index (χ1n) is 8.17. The lowest BCUT2D eigenvalue weighted by molar-refractivity contribution is 0.267. The van der Waals surface area contributed by atoms with Gasteiger partial charge in [-0.2, -0.15) is 0 Å². The molecule has 0 saturated carbocycles. The standard InChI is InChI=1S/C17H23N3O2S2/c1-12-13(2)23-17(19-12)16-10-14(6-7-18-16)9-15-5-4-8-20(11-15)24(3,21)22/h6-7,10,15H,4-5,8-9,11H2,1-3H3/t15-/m0/s1. The van der Waals surface area contributed by atoms with E-state index in [9.17, 15) is 8.42 Å². The largest absolute Gasteiger partial charge is 0.254 e. The maximum atomic E-state index is 11.8. The second-order valence-corrected chi connectivity index (χ2v) is 9.73. The Bertz CT molecular complexity index is 811. The minimum Gasteiger partial charge on any atom is -0.254 e. The van der Waals surface area contributed by atoms with Crippen molar-refractivity contribution in [2.45, 2.75) is 33.1 Å². The zero-order chi connectivity index (χ0) is 17.3. The highest BCUT2D eigenvalue weighted by Gasteiger charge is 2.26. The van der Waals surface area contributed by atoms with E-state index >= 15 is 0 Å². The van der Waals surface area contributed by atoms with E-state index in [4.69, 9.17) is 0 Å². The number of rotatable bonds is 4. The van der Waals surface area contributed by atoms with Crippen molar-refractivity contribution in [2.75, 3.05) is 19.3 Å². The van der Waals surface area contributed by atoms with Crippen LogP contribution in [0, 0.1) is 19.8 Å². The van der Waals surface area contributed by atoms with Crippen molar-refractivity contribution in [2.24, 2.45) is 5.92 Å². The Morgan fingerprint density at radius 1 is 1.38 bits per heavy atom. The fourth-order valence-electron chi connectivity index (χ4n) is 3.13. The van der Waals surface area contributed by atoms with Crippen LogP contribution >= 0.6 is 11.3 Å². The Kier molecular flexibility index (Phi) is 5.03. The fourth-order valence-corrected chi connectivity index (χ4v) is 4.95. The summed E-state index contributed by atoms with van der Waals surface area (Å²) < 4.78 is 25.1. The zero-order valence-corrected chi connectivity index (χ0v) is 16.0. The molecule has 5 nitrogen and oxygen atoms in total. The number of hydrogen-bond acceptors (Lipinski definition) is 5. The number of pyridine rings is 1. The average molecular weight is 366 g/mol. The van der Waals surface area contributed by atoms with E-state index < -0.39 is 10.0 Å². The van der Waals surface area contributed by atoms with Gasteiger partial charge >= 0.3 is 0 Å². The molecule has 1 aliphatic heterocycles. The minimum atomic E-state index is -3.09. The Morgan fingerprint density at radius 2 is 2.17 bits per heavy atom. The summed E-state index contributed by atoms with van der Waals surface area (Å²) in [5.41, 5.74) is 3.16. The Balaban J connectivity index is 1.75. The van der Waals surface area contributed by atoms with E-state index in [2.05, 4.69) is 23.0 Å². The van der Waals surface area contributed by atoms with Crippen LogP contribution in [0.2, 0.25) is 0 Å². The third-order valence-corrected chi connectivity index (χ3v) is 6.91. The topological polar surface area (TPSA) is 63.2 Å². The lowest BCUT2D eigenvalue weighted by Crippen LogP contribution is -2.39. The van der Waals surface area contributed by atoms with Gasteiger partial charge in [0.05, 0.1) is 17.6 Å². The second-order valence-electron chi connectivity index (χ2n) is 6.54. The molecule has 3 heterocycles. The maximum Gasteiger partial charge on any atom is 0.211 e. The second kappa shape index (κ2) is 6.90. The number of aryl methyl sites for hydroxylation is 2. The van der Waals surface area contributed by atoms with Gasteiger partial charge in [0.15, 0.2) is 0 Å². The van der Waals surface area contributed by atoms with Crippen LogP contribution in [0.5, 0.6) is 0 Å². The third kappa shape index (κ3) is 4.02. The van der Waals surface area contributed by atoms with Crippen molar-refractivity contribution in [3.8, 4) is 10.7 Å². The van der Waals surface area contributed by atoms with Crippen LogP contribution in [0.25, 0.3) is 10.7 Å². The summed E-state index contributed by atoms with van der Waals surface area (Å²) >= 11 is 1.66. The number of nitrogens with zero attached hydrogens (tertiary/aromatic N) is 3. The molecule has 2 aromatic heterocycles. The lowest BCUT2D eigenvalue weighted by Gasteiger charge is -2.31. The Labute approximate surface area is 147 Å². The number of thiazole rings is 1. The molecule has 1 atom stereocenters. The maximum absolute atomic E-state index is 11.8. The number of piperidine rings is 1. The Morgan fingerprint density at radius 3 is 2.83 bits per heavy atom. The fraction of sp³-hybridized carbons (Fsp3) is 0.529. The van der Waals surface area contributed by atoms with E-state index in [0.29, 0.717) is 19.0 Å². The van der Waals surface area contributed by atoms with Gasteiger partial charge in [0.2, 0.25) is 10.0 Å². The molecule has 1 fully saturated rings. The van der Waals surface area contributed by atoms with Crippen molar-refractivity contribution < 1.29 is 8.42 Å². The van der Waals surface area contributed by atoms with Crippen molar-refractivity contribution in [1.29, 1.82) is 0 Å². The van der Waals surface area contributed by atoms with Gasteiger partial charge < -0.3 is 0 Å². The first kappa shape index (κ1) is 17.5. The van der Waals surface area contributed by atoms with E-state index in [0.717, 1.165) is 35.7 Å². The molecular formula is C17H23N3O2S2. The van der Waals surface area contributed by atoms with Crippen LogP contribution in [-0.4, -0.2) is 42.0 Å². The number of hydrogen-bond donors (Lipinski definition) is 0. The summed E-state index contributed by atoms with van der Waals surface area (Å²) in [6.45, 7) is 5.35. The molecule has 1 aliphatic rings. The van der Waals surface area contributed by atoms with Crippen molar-refractivity contribution in [3.63, 3.8) is 0 Å². The minimum absolute atomic E-state index is 0.364. The first-order chi connectivity index (χ1) is 11.3. The highest BCUT2D eigenvalue weighted by atomic mass is 32.2. The van der Waals surface area contributed by atoms with Crippen molar-refractivity contribution >= 4 is 21.4 Å². The SMILES string of the molecule is Cc1nc(-c2cc(C[C@@H]3CCCN(S(C)(=O)=O)C3)ccn2)sc1C. The van der Waals surface area contributed by atoms with Gasteiger partial charge in [-0.25, -0.2) is 17.7 Å². The summed E-state index contributed by atoms with van der Waals surface area (Å²) in [4.78, 5) is 10.3. The summed E-state index contributed by atoms with van der Waals surface area (Å²) in [6, 6.07) is 4.12. The number of aromatic nitrogens is 2. The molecule has 0 bridgehead atoms. The molecule has 0 aromatic carbocycles. The van der Waals surface area contributed by atoms with E-state index in [-0.39, 0.29) is 0 Å². The van der Waals surface area contributed by atoms with Gasteiger partial charge in [-0.15, -0.1) is 11.3 Å². The molecule has 24 heavy (non-hydrogen) atoms. The van der Waals surface area contributed by atoms with Gasteiger partial charge in [0, 0.05) is 24.2 Å². The summed E-state index contributed by atoms with van der Waals surface area (Å²) in [5.74, 6) is 0.364. The van der Waals surface area contributed by atoms with Crippen molar-refractivity contribution in [3.05, 3.63) is 34.5 Å². The molecule has 0 unspecified atom stereocenters.